The normalized spacial score (nSPS) is 12.4. The highest BCUT2D eigenvalue weighted by Crippen LogP contribution is 2.10. The highest BCUT2D eigenvalue weighted by molar-refractivity contribution is 5.71. The first-order chi connectivity index (χ1) is 11.7. The van der Waals surface area contributed by atoms with Gasteiger partial charge < -0.3 is 0 Å². The molecule has 0 aliphatic carbocycles. The molecule has 1 rings (SSSR count). The largest absolute Gasteiger partial charge is 0.288 e. The van der Waals surface area contributed by atoms with Gasteiger partial charge >= 0.3 is 0 Å². The molecule has 120 valence electrons. The van der Waals surface area contributed by atoms with Gasteiger partial charge in [0.2, 0.25) is 0 Å². The first-order valence-electron chi connectivity index (χ1n) is 7.74. The van der Waals surface area contributed by atoms with Gasteiger partial charge in [-0.2, -0.15) is 0 Å². The summed E-state index contributed by atoms with van der Waals surface area (Å²) in [7, 11) is 0. The molecular formula is C23H23N. The van der Waals surface area contributed by atoms with E-state index in [0.717, 1.165) is 22.3 Å². The summed E-state index contributed by atoms with van der Waals surface area (Å²) in [4.78, 5) is 4.26. The molecule has 0 saturated carbocycles. The quantitative estimate of drug-likeness (QED) is 0.339. The molecule has 1 nitrogen and oxygen atoms in total. The van der Waals surface area contributed by atoms with Crippen molar-refractivity contribution in [3.05, 3.63) is 102 Å². The molecule has 1 aromatic rings. The van der Waals surface area contributed by atoms with Crippen LogP contribution in [-0.4, -0.2) is 12.8 Å². The summed E-state index contributed by atoms with van der Waals surface area (Å²) >= 11 is 0. The number of hydrogen-bond donors (Lipinski definition) is 0. The Morgan fingerprint density at radius 2 is 2.08 bits per heavy atom. The van der Waals surface area contributed by atoms with E-state index in [0.29, 0.717) is 6.54 Å². The second-order valence-electron chi connectivity index (χ2n) is 4.99. The van der Waals surface area contributed by atoms with Crippen molar-refractivity contribution >= 4 is 12.3 Å². The third-order valence-electron chi connectivity index (χ3n) is 3.10. The van der Waals surface area contributed by atoms with Crippen molar-refractivity contribution < 1.29 is 0 Å². The van der Waals surface area contributed by atoms with Crippen LogP contribution >= 0.6 is 0 Å². The Kier molecular flexibility index (Phi) is 9.04. The molecule has 0 atom stereocenters. The van der Waals surface area contributed by atoms with Gasteiger partial charge in [0, 0.05) is 11.8 Å². The molecule has 0 bridgehead atoms. The third kappa shape index (κ3) is 7.77. The predicted octanol–water partition coefficient (Wildman–Crippen LogP) is 5.55. The Morgan fingerprint density at radius 1 is 1.25 bits per heavy atom. The lowest BCUT2D eigenvalue weighted by atomic mass is 10.1. The Hall–Kier alpha value is -3.11. The topological polar surface area (TPSA) is 12.4 Å². The van der Waals surface area contributed by atoms with Crippen LogP contribution in [0.25, 0.3) is 6.08 Å². The van der Waals surface area contributed by atoms with E-state index in [1.807, 2.05) is 67.6 Å². The molecule has 1 aromatic carbocycles. The maximum absolute atomic E-state index is 5.42. The molecule has 0 saturated heterocycles. The zero-order valence-electron chi connectivity index (χ0n) is 14.2. The molecule has 0 fully saturated rings. The van der Waals surface area contributed by atoms with Gasteiger partial charge in [-0.25, -0.2) is 0 Å². The Labute approximate surface area is 145 Å². The van der Waals surface area contributed by atoms with E-state index in [2.05, 4.69) is 30.1 Å². The minimum atomic E-state index is 0.572. The molecular weight excluding hydrogens is 290 g/mol. The second kappa shape index (κ2) is 11.5. The number of nitrogens with zero attached hydrogens (tertiary/aromatic N) is 1. The average molecular weight is 313 g/mol. The number of benzene rings is 1. The molecule has 1 heteroatoms. The van der Waals surface area contributed by atoms with E-state index in [9.17, 15) is 0 Å². The van der Waals surface area contributed by atoms with Crippen LogP contribution < -0.4 is 0 Å². The van der Waals surface area contributed by atoms with Gasteiger partial charge in [-0.3, -0.25) is 4.99 Å². The minimum Gasteiger partial charge on any atom is -0.288 e. The molecule has 0 aliphatic heterocycles. The zero-order chi connectivity index (χ0) is 17.6. The van der Waals surface area contributed by atoms with Gasteiger partial charge in [0.05, 0.1) is 6.54 Å². The van der Waals surface area contributed by atoms with Crippen molar-refractivity contribution in [2.24, 2.45) is 4.99 Å². The second-order valence-corrected chi connectivity index (χ2v) is 4.99. The minimum absolute atomic E-state index is 0.572. The van der Waals surface area contributed by atoms with Crippen molar-refractivity contribution in [3.63, 3.8) is 0 Å². The fourth-order valence-corrected chi connectivity index (χ4v) is 1.80. The van der Waals surface area contributed by atoms with Crippen molar-refractivity contribution in [2.45, 2.75) is 6.92 Å². The van der Waals surface area contributed by atoms with E-state index in [1.54, 1.807) is 12.3 Å². The van der Waals surface area contributed by atoms with Crippen molar-refractivity contribution in [2.75, 3.05) is 6.54 Å². The van der Waals surface area contributed by atoms with Gasteiger partial charge in [-0.05, 0) is 41.8 Å². The molecule has 0 unspecified atom stereocenters. The fourth-order valence-electron chi connectivity index (χ4n) is 1.80. The van der Waals surface area contributed by atoms with E-state index < -0.39 is 0 Å². The number of hydrogen-bond acceptors (Lipinski definition) is 1. The Morgan fingerprint density at radius 3 is 2.79 bits per heavy atom. The standard InChI is InChI=1S/C23H23N/c1-5-8-9-17-24-19-20(4)13-14-21(6-2)15-16-23-12-10-11-22(7-3)18-23/h3,5-6,8-18H,1,4,19H2,2H3/b9-8-,14-13-,16-15-,21-6+,24-17?. The molecule has 0 radical (unpaired) electrons. The highest BCUT2D eigenvalue weighted by atomic mass is 14.7. The van der Waals surface area contributed by atoms with Crippen LogP contribution in [0.4, 0.5) is 0 Å². The number of rotatable bonds is 8. The zero-order valence-corrected chi connectivity index (χ0v) is 14.2. The van der Waals surface area contributed by atoms with Crippen LogP contribution in [0, 0.1) is 12.3 Å². The predicted molar refractivity (Wildman–Crippen MR) is 108 cm³/mol. The fraction of sp³-hybridized carbons (Fsp3) is 0.0870. The van der Waals surface area contributed by atoms with Crippen LogP contribution in [-0.2, 0) is 0 Å². The SMILES string of the molecule is C#Cc1cccc(\C=C/C(/C=C\C(=C)CN=C/C=C\C=C)=C/C)c1. The first kappa shape index (κ1) is 18.9. The van der Waals surface area contributed by atoms with Crippen LogP contribution in [0.2, 0.25) is 0 Å². The summed E-state index contributed by atoms with van der Waals surface area (Å²) < 4.78 is 0. The summed E-state index contributed by atoms with van der Waals surface area (Å²) in [6, 6.07) is 7.89. The van der Waals surface area contributed by atoms with Crippen LogP contribution in [0.5, 0.6) is 0 Å². The van der Waals surface area contributed by atoms with Gasteiger partial charge in [0.1, 0.15) is 0 Å². The lowest BCUT2D eigenvalue weighted by Crippen LogP contribution is -1.83. The van der Waals surface area contributed by atoms with E-state index in [4.69, 9.17) is 6.42 Å². The lowest BCUT2D eigenvalue weighted by Gasteiger charge is -1.97. The molecule has 0 heterocycles. The number of terminal acetylenes is 1. The highest BCUT2D eigenvalue weighted by Gasteiger charge is 1.91. The molecule has 0 amide bonds. The summed E-state index contributed by atoms with van der Waals surface area (Å²) in [5.41, 5.74) is 4.00. The van der Waals surface area contributed by atoms with Gasteiger partial charge in [0.15, 0.2) is 0 Å². The van der Waals surface area contributed by atoms with E-state index in [1.165, 1.54) is 0 Å². The van der Waals surface area contributed by atoms with Crippen molar-refractivity contribution in [3.8, 4) is 12.3 Å². The van der Waals surface area contributed by atoms with E-state index >= 15 is 0 Å². The number of allylic oxidation sites excluding steroid dienone is 7. The Bertz CT molecular complexity index is 746. The maximum atomic E-state index is 5.42. The summed E-state index contributed by atoms with van der Waals surface area (Å²) in [6.45, 7) is 10.2. The number of aliphatic imine (C=N–C) groups is 1. The van der Waals surface area contributed by atoms with E-state index in [-0.39, 0.29) is 0 Å². The molecule has 24 heavy (non-hydrogen) atoms. The monoisotopic (exact) mass is 313 g/mol. The van der Waals surface area contributed by atoms with Crippen LogP contribution in [0.3, 0.4) is 0 Å². The van der Waals surface area contributed by atoms with Crippen molar-refractivity contribution in [1.82, 2.24) is 0 Å². The lowest BCUT2D eigenvalue weighted by molar-refractivity contribution is 1.20. The molecule has 0 aromatic heterocycles. The molecule has 0 spiro atoms. The van der Waals surface area contributed by atoms with Crippen molar-refractivity contribution in [1.29, 1.82) is 0 Å². The van der Waals surface area contributed by atoms with Crippen LogP contribution in [0.15, 0.2) is 96.1 Å². The van der Waals surface area contributed by atoms with Crippen LogP contribution in [0.1, 0.15) is 18.1 Å². The Balaban J connectivity index is 2.63. The van der Waals surface area contributed by atoms with Gasteiger partial charge in [0.25, 0.3) is 0 Å². The van der Waals surface area contributed by atoms with Gasteiger partial charge in [-0.1, -0.05) is 73.7 Å². The smallest absolute Gasteiger partial charge is 0.0634 e. The summed E-state index contributed by atoms with van der Waals surface area (Å²) in [6.07, 6.45) is 22.7. The first-order valence-corrected chi connectivity index (χ1v) is 7.74. The summed E-state index contributed by atoms with van der Waals surface area (Å²) in [5, 5.41) is 0. The van der Waals surface area contributed by atoms with Gasteiger partial charge in [-0.15, -0.1) is 6.42 Å². The third-order valence-corrected chi connectivity index (χ3v) is 3.10. The molecule has 0 N–H and O–H groups in total. The maximum Gasteiger partial charge on any atom is 0.0634 e. The summed E-state index contributed by atoms with van der Waals surface area (Å²) in [5.74, 6) is 2.64. The molecule has 0 aliphatic rings. The average Bonchev–Trinajstić information content (AvgIpc) is 2.61.